The molecular formula is C14H22N2O4S. The van der Waals surface area contributed by atoms with Gasteiger partial charge in [0.2, 0.25) is 0 Å². The number of amides is 1. The van der Waals surface area contributed by atoms with Crippen LogP contribution in [-0.4, -0.2) is 33.8 Å². The SMILES string of the molecule is CCC(C)N(C(=O)OC(C)(C)C)c1nc(C)c(C(=O)O)s1. The first-order valence-corrected chi connectivity index (χ1v) is 7.61. The van der Waals surface area contributed by atoms with E-state index >= 15 is 0 Å². The number of thiazole rings is 1. The minimum Gasteiger partial charge on any atom is -0.477 e. The molecule has 6 nitrogen and oxygen atoms in total. The zero-order chi connectivity index (χ0) is 16.4. The average molecular weight is 314 g/mol. The van der Waals surface area contributed by atoms with Crippen LogP contribution in [0.15, 0.2) is 0 Å². The van der Waals surface area contributed by atoms with Crippen molar-refractivity contribution < 1.29 is 19.4 Å². The zero-order valence-electron chi connectivity index (χ0n) is 13.3. The van der Waals surface area contributed by atoms with Gasteiger partial charge in [0.1, 0.15) is 10.5 Å². The maximum atomic E-state index is 12.4. The Labute approximate surface area is 128 Å². The highest BCUT2D eigenvalue weighted by Crippen LogP contribution is 2.29. The summed E-state index contributed by atoms with van der Waals surface area (Å²) in [5.74, 6) is -1.04. The Morgan fingerprint density at radius 2 is 2.00 bits per heavy atom. The summed E-state index contributed by atoms with van der Waals surface area (Å²) in [6.07, 6.45) is 0.197. The Morgan fingerprint density at radius 1 is 1.43 bits per heavy atom. The fraction of sp³-hybridized carbons (Fsp3) is 0.643. The number of anilines is 1. The molecule has 1 heterocycles. The Morgan fingerprint density at radius 3 is 2.38 bits per heavy atom. The van der Waals surface area contributed by atoms with Gasteiger partial charge in [-0.2, -0.15) is 0 Å². The molecule has 0 aliphatic carbocycles. The molecule has 0 aliphatic rings. The molecule has 0 radical (unpaired) electrons. The Balaban J connectivity index is 3.17. The van der Waals surface area contributed by atoms with Crippen molar-refractivity contribution in [1.29, 1.82) is 0 Å². The second-order valence-electron chi connectivity index (χ2n) is 5.82. The topological polar surface area (TPSA) is 79.7 Å². The third kappa shape index (κ3) is 4.42. The van der Waals surface area contributed by atoms with Crippen LogP contribution in [0.4, 0.5) is 9.93 Å². The fourth-order valence-electron chi connectivity index (χ4n) is 1.62. The molecular weight excluding hydrogens is 292 g/mol. The van der Waals surface area contributed by atoms with E-state index in [1.165, 1.54) is 4.90 Å². The molecule has 118 valence electrons. The molecule has 0 saturated carbocycles. The first kappa shape index (κ1) is 17.4. The molecule has 1 amide bonds. The second-order valence-corrected chi connectivity index (χ2v) is 6.80. The van der Waals surface area contributed by atoms with Gasteiger partial charge >= 0.3 is 12.1 Å². The molecule has 7 heteroatoms. The highest BCUT2D eigenvalue weighted by molar-refractivity contribution is 7.17. The predicted octanol–water partition coefficient (Wildman–Crippen LogP) is 3.69. The van der Waals surface area contributed by atoms with Gasteiger partial charge in [0.15, 0.2) is 5.13 Å². The van der Waals surface area contributed by atoms with Crippen LogP contribution in [0.2, 0.25) is 0 Å². The summed E-state index contributed by atoms with van der Waals surface area (Å²) in [7, 11) is 0. The number of carboxylic acids is 1. The Hall–Kier alpha value is -1.63. The maximum absolute atomic E-state index is 12.4. The summed E-state index contributed by atoms with van der Waals surface area (Å²) >= 11 is 0.988. The van der Waals surface area contributed by atoms with E-state index in [9.17, 15) is 9.59 Å². The van der Waals surface area contributed by atoms with Gasteiger partial charge in [-0.1, -0.05) is 18.3 Å². The number of hydrogen-bond acceptors (Lipinski definition) is 5. The zero-order valence-corrected chi connectivity index (χ0v) is 14.1. The van der Waals surface area contributed by atoms with Crippen molar-refractivity contribution in [2.24, 2.45) is 0 Å². The van der Waals surface area contributed by atoms with Gasteiger partial charge in [0, 0.05) is 6.04 Å². The molecule has 0 fully saturated rings. The van der Waals surface area contributed by atoms with Crippen LogP contribution >= 0.6 is 11.3 Å². The number of aromatic carboxylic acids is 1. The third-order valence-corrected chi connectivity index (χ3v) is 3.95. The number of carboxylic acid groups (broad SMARTS) is 1. The molecule has 0 bridgehead atoms. The molecule has 21 heavy (non-hydrogen) atoms. The van der Waals surface area contributed by atoms with Crippen LogP contribution < -0.4 is 4.90 Å². The number of nitrogens with zero attached hydrogens (tertiary/aromatic N) is 2. The van der Waals surface area contributed by atoms with Gasteiger partial charge in [-0.15, -0.1) is 0 Å². The molecule has 0 saturated heterocycles. The minimum absolute atomic E-state index is 0.132. The van der Waals surface area contributed by atoms with Crippen LogP contribution in [0.1, 0.15) is 56.4 Å². The lowest BCUT2D eigenvalue weighted by Crippen LogP contribution is -2.42. The summed E-state index contributed by atoms with van der Waals surface area (Å²) in [5.41, 5.74) is -0.218. The van der Waals surface area contributed by atoms with Gasteiger partial charge in [-0.05, 0) is 41.0 Å². The first-order valence-electron chi connectivity index (χ1n) is 6.79. The predicted molar refractivity (Wildman–Crippen MR) is 82.3 cm³/mol. The van der Waals surface area contributed by atoms with E-state index < -0.39 is 17.7 Å². The molecule has 0 spiro atoms. The molecule has 1 N–H and O–H groups in total. The first-order chi connectivity index (χ1) is 9.56. The highest BCUT2D eigenvalue weighted by atomic mass is 32.1. The molecule has 1 aromatic rings. The summed E-state index contributed by atoms with van der Waals surface area (Å²) in [6, 6.07) is -0.132. The van der Waals surface area contributed by atoms with Gasteiger partial charge in [-0.3, -0.25) is 4.90 Å². The van der Waals surface area contributed by atoms with E-state index in [4.69, 9.17) is 9.84 Å². The highest BCUT2D eigenvalue weighted by Gasteiger charge is 2.30. The van der Waals surface area contributed by atoms with Gasteiger partial charge in [0.25, 0.3) is 0 Å². The number of aryl methyl sites for hydroxylation is 1. The van der Waals surface area contributed by atoms with E-state index in [0.717, 1.165) is 11.3 Å². The maximum Gasteiger partial charge on any atom is 0.416 e. The van der Waals surface area contributed by atoms with E-state index in [-0.39, 0.29) is 10.9 Å². The normalized spacial score (nSPS) is 12.9. The average Bonchev–Trinajstić information content (AvgIpc) is 2.68. The number of rotatable bonds is 4. The van der Waals surface area contributed by atoms with Crippen LogP contribution in [0.3, 0.4) is 0 Å². The molecule has 0 aliphatic heterocycles. The molecule has 0 aromatic carbocycles. The Bertz CT molecular complexity index is 534. The van der Waals surface area contributed by atoms with Crippen LogP contribution in [-0.2, 0) is 4.74 Å². The summed E-state index contributed by atoms with van der Waals surface area (Å²) in [5, 5.41) is 9.47. The van der Waals surface area contributed by atoms with Crippen molar-refractivity contribution in [1.82, 2.24) is 4.98 Å². The second kappa shape index (κ2) is 6.43. The van der Waals surface area contributed by atoms with Crippen molar-refractivity contribution >= 4 is 28.5 Å². The van der Waals surface area contributed by atoms with Crippen LogP contribution in [0, 0.1) is 6.92 Å². The van der Waals surface area contributed by atoms with Crippen molar-refractivity contribution in [3.63, 3.8) is 0 Å². The summed E-state index contributed by atoms with van der Waals surface area (Å²) in [6.45, 7) is 10.8. The van der Waals surface area contributed by atoms with Crippen molar-refractivity contribution in [2.75, 3.05) is 4.90 Å². The van der Waals surface area contributed by atoms with Crippen molar-refractivity contribution in [3.8, 4) is 0 Å². The lowest BCUT2D eigenvalue weighted by atomic mass is 10.2. The number of ether oxygens (including phenoxy) is 1. The lowest BCUT2D eigenvalue weighted by molar-refractivity contribution is 0.0566. The van der Waals surface area contributed by atoms with E-state index in [1.807, 2.05) is 13.8 Å². The molecule has 1 unspecified atom stereocenters. The summed E-state index contributed by atoms with van der Waals surface area (Å²) in [4.78, 5) is 29.3. The van der Waals surface area contributed by atoms with Crippen molar-refractivity contribution in [3.05, 3.63) is 10.6 Å². The van der Waals surface area contributed by atoms with E-state index in [0.29, 0.717) is 17.2 Å². The standard InChI is InChI=1S/C14H22N2O4S/c1-7-8(2)16(13(19)20-14(4,5)6)12-15-9(3)10(21-12)11(17)18/h8H,7H2,1-6H3,(H,17,18). The molecule has 1 atom stereocenters. The monoisotopic (exact) mass is 314 g/mol. The van der Waals surface area contributed by atoms with Gasteiger partial charge in [-0.25, -0.2) is 14.6 Å². The number of carbonyl (C=O) groups excluding carboxylic acids is 1. The van der Waals surface area contributed by atoms with Crippen LogP contribution in [0.5, 0.6) is 0 Å². The quantitative estimate of drug-likeness (QED) is 0.916. The summed E-state index contributed by atoms with van der Waals surface area (Å²) < 4.78 is 5.39. The van der Waals surface area contributed by atoms with E-state index in [2.05, 4.69) is 4.98 Å². The fourth-order valence-corrected chi connectivity index (χ4v) is 2.62. The smallest absolute Gasteiger partial charge is 0.416 e. The Kier molecular flexibility index (Phi) is 5.33. The molecule has 1 rings (SSSR count). The lowest BCUT2D eigenvalue weighted by Gasteiger charge is -2.29. The van der Waals surface area contributed by atoms with E-state index in [1.54, 1.807) is 27.7 Å². The van der Waals surface area contributed by atoms with Gasteiger partial charge in [0.05, 0.1) is 5.69 Å². The largest absolute Gasteiger partial charge is 0.477 e. The number of hydrogen-bond donors (Lipinski definition) is 1. The van der Waals surface area contributed by atoms with Crippen molar-refractivity contribution in [2.45, 2.75) is 59.6 Å². The van der Waals surface area contributed by atoms with Gasteiger partial charge < -0.3 is 9.84 Å². The number of carbonyl (C=O) groups is 2. The third-order valence-electron chi connectivity index (χ3n) is 2.81. The minimum atomic E-state index is -1.04. The van der Waals surface area contributed by atoms with Crippen LogP contribution in [0.25, 0.3) is 0 Å². The molecule has 1 aromatic heterocycles. The number of aromatic nitrogens is 1.